The number of aromatic amines is 1. The van der Waals surface area contributed by atoms with Crippen molar-refractivity contribution in [1.82, 2.24) is 15.4 Å². The normalized spacial score (nSPS) is 20.1. The largest absolute Gasteiger partial charge is 0.489 e. The lowest BCUT2D eigenvalue weighted by molar-refractivity contribution is -0.137. The molecule has 1 aromatic heterocycles. The van der Waals surface area contributed by atoms with Crippen molar-refractivity contribution in [2.24, 2.45) is 5.73 Å². The average molecular weight is 521 g/mol. The van der Waals surface area contributed by atoms with Crippen LogP contribution in [0.1, 0.15) is 36.0 Å². The molecule has 4 aromatic rings. The highest BCUT2D eigenvalue weighted by molar-refractivity contribution is 5.85. The lowest BCUT2D eigenvalue weighted by Gasteiger charge is -2.20. The Morgan fingerprint density at radius 3 is 2.51 bits per heavy atom. The minimum Gasteiger partial charge on any atom is -0.489 e. The van der Waals surface area contributed by atoms with Crippen LogP contribution in [0, 0.1) is 0 Å². The summed E-state index contributed by atoms with van der Waals surface area (Å²) >= 11 is 0. The number of fused-ring (bicyclic) bond motifs is 1. The number of aliphatic carboxylic acids is 1. The van der Waals surface area contributed by atoms with E-state index in [0.717, 1.165) is 33.3 Å². The first-order valence-corrected chi connectivity index (χ1v) is 12.3. The number of nitrogens with one attached hydrogen (secondary N) is 2. The summed E-state index contributed by atoms with van der Waals surface area (Å²) in [6.07, 6.45) is 2.92. The van der Waals surface area contributed by atoms with E-state index >= 15 is 0 Å². The first-order chi connectivity index (χ1) is 17.5. The van der Waals surface area contributed by atoms with Crippen molar-refractivity contribution in [1.29, 1.82) is 0 Å². The van der Waals surface area contributed by atoms with E-state index in [9.17, 15) is 9.90 Å². The number of nitrogens with two attached hydrogens (primary N) is 1. The molecule has 3 aromatic carbocycles. The molecule has 5 N–H and O–H groups in total. The van der Waals surface area contributed by atoms with Gasteiger partial charge >= 0.3 is 5.97 Å². The number of carbonyl (C=O) groups is 1. The zero-order valence-corrected chi connectivity index (χ0v) is 21.5. The predicted octanol–water partition coefficient (Wildman–Crippen LogP) is 4.83. The van der Waals surface area contributed by atoms with E-state index in [1.165, 1.54) is 0 Å². The van der Waals surface area contributed by atoms with Crippen LogP contribution >= 0.6 is 12.4 Å². The van der Waals surface area contributed by atoms with Crippen LogP contribution in [-0.2, 0) is 17.8 Å². The number of carboxylic acids is 1. The maximum atomic E-state index is 11.8. The number of rotatable bonds is 11. The molecule has 0 bridgehead atoms. The van der Waals surface area contributed by atoms with Gasteiger partial charge in [-0.3, -0.25) is 4.79 Å². The zero-order valence-electron chi connectivity index (χ0n) is 20.7. The average Bonchev–Trinajstić information content (AvgIpc) is 3.40. The maximum absolute atomic E-state index is 11.8. The molecule has 1 aliphatic heterocycles. The quantitative estimate of drug-likeness (QED) is 0.167. The monoisotopic (exact) mass is 520 g/mol. The molecule has 7 nitrogen and oxygen atoms in total. The number of hydrazine groups is 1. The summed E-state index contributed by atoms with van der Waals surface area (Å²) < 4.78 is 5.88. The SMILES string of the molecule is CC(CC(N)NN1[C@H](Cc2c[nH]c3ccccc23)[C@@H]1C(=O)O)c1ccc(OCc2ccccc2)cc1.Cl. The van der Waals surface area contributed by atoms with Gasteiger partial charge in [0.2, 0.25) is 0 Å². The topological polar surface area (TPSA) is 103 Å². The van der Waals surface area contributed by atoms with Crippen molar-refractivity contribution in [3.8, 4) is 5.75 Å². The third-order valence-corrected chi connectivity index (χ3v) is 6.91. The number of hydrogen-bond acceptors (Lipinski definition) is 5. The number of H-pyrrole nitrogens is 1. The summed E-state index contributed by atoms with van der Waals surface area (Å²) in [7, 11) is 0. The molecule has 1 saturated heterocycles. The number of para-hydroxylation sites is 1. The summed E-state index contributed by atoms with van der Waals surface area (Å²) in [5, 5.41) is 12.6. The Labute approximate surface area is 223 Å². The first kappa shape index (κ1) is 26.7. The van der Waals surface area contributed by atoms with Crippen LogP contribution in [0.4, 0.5) is 0 Å². The molecular weight excluding hydrogens is 488 g/mol. The van der Waals surface area contributed by atoms with Gasteiger partial charge in [0.05, 0.1) is 12.2 Å². The van der Waals surface area contributed by atoms with Crippen molar-refractivity contribution in [3.05, 3.63) is 102 Å². The Morgan fingerprint density at radius 1 is 1.08 bits per heavy atom. The van der Waals surface area contributed by atoms with E-state index < -0.39 is 12.0 Å². The first-order valence-electron chi connectivity index (χ1n) is 12.3. The van der Waals surface area contributed by atoms with Gasteiger partial charge in [0.1, 0.15) is 18.4 Å². The van der Waals surface area contributed by atoms with Gasteiger partial charge in [-0.15, -0.1) is 12.4 Å². The number of aromatic nitrogens is 1. The smallest absolute Gasteiger partial charge is 0.324 e. The van der Waals surface area contributed by atoms with Crippen LogP contribution < -0.4 is 15.9 Å². The number of hydrogen-bond donors (Lipinski definition) is 4. The molecule has 3 unspecified atom stereocenters. The van der Waals surface area contributed by atoms with E-state index in [1.54, 1.807) is 5.01 Å². The van der Waals surface area contributed by atoms with E-state index in [1.807, 2.05) is 66.9 Å². The fourth-order valence-corrected chi connectivity index (χ4v) is 4.87. The minimum atomic E-state index is -0.835. The molecule has 0 aliphatic carbocycles. The molecule has 37 heavy (non-hydrogen) atoms. The Morgan fingerprint density at radius 2 is 1.78 bits per heavy atom. The highest BCUT2D eigenvalue weighted by Gasteiger charge is 2.53. The second kappa shape index (κ2) is 11.8. The van der Waals surface area contributed by atoms with Crippen molar-refractivity contribution in [2.45, 2.75) is 50.5 Å². The molecule has 1 aliphatic rings. The summed E-state index contributed by atoms with van der Waals surface area (Å²) in [6, 6.07) is 25.5. The lowest BCUT2D eigenvalue weighted by Crippen LogP contribution is -2.43. The van der Waals surface area contributed by atoms with Crippen LogP contribution in [0.25, 0.3) is 10.9 Å². The van der Waals surface area contributed by atoms with Crippen LogP contribution in [-0.4, -0.2) is 39.3 Å². The molecule has 5 rings (SSSR count). The van der Waals surface area contributed by atoms with Gasteiger partial charge in [-0.25, -0.2) is 10.4 Å². The highest BCUT2D eigenvalue weighted by atomic mass is 35.5. The molecule has 194 valence electrons. The molecule has 0 amide bonds. The number of ether oxygens (including phenoxy) is 1. The number of benzene rings is 3. The summed E-state index contributed by atoms with van der Waals surface area (Å²) in [5.74, 6) is 0.190. The summed E-state index contributed by atoms with van der Waals surface area (Å²) in [4.78, 5) is 15.1. The van der Waals surface area contributed by atoms with Gasteiger partial charge in [-0.05, 0) is 53.6 Å². The van der Waals surface area contributed by atoms with Crippen LogP contribution in [0.5, 0.6) is 5.75 Å². The Bertz CT molecular complexity index is 1310. The molecular formula is C29H33ClN4O3. The van der Waals surface area contributed by atoms with Gasteiger partial charge in [-0.1, -0.05) is 67.6 Å². The number of halogens is 1. The second-order valence-corrected chi connectivity index (χ2v) is 9.54. The number of carboxylic acid groups (broad SMARTS) is 1. The van der Waals surface area contributed by atoms with Crippen LogP contribution in [0.15, 0.2) is 85.1 Å². The zero-order chi connectivity index (χ0) is 25.1. The Balaban J connectivity index is 0.00000320. The van der Waals surface area contributed by atoms with E-state index in [4.69, 9.17) is 10.5 Å². The number of nitrogens with zero attached hydrogens (tertiary/aromatic N) is 1. The highest BCUT2D eigenvalue weighted by Crippen LogP contribution is 2.32. The van der Waals surface area contributed by atoms with Crippen molar-refractivity contribution in [2.75, 3.05) is 0 Å². The minimum absolute atomic E-state index is 0. The van der Waals surface area contributed by atoms with E-state index in [2.05, 4.69) is 35.5 Å². The van der Waals surface area contributed by atoms with Gasteiger partial charge in [0, 0.05) is 17.1 Å². The van der Waals surface area contributed by atoms with Crippen molar-refractivity contribution in [3.63, 3.8) is 0 Å². The Hall–Kier alpha value is -3.36. The Kier molecular flexibility index (Phi) is 8.51. The van der Waals surface area contributed by atoms with Crippen molar-refractivity contribution >= 4 is 29.3 Å². The molecule has 5 atom stereocenters. The molecule has 0 saturated carbocycles. The van der Waals surface area contributed by atoms with E-state index in [0.29, 0.717) is 19.4 Å². The van der Waals surface area contributed by atoms with Gasteiger partial charge in [-0.2, -0.15) is 0 Å². The lowest BCUT2D eigenvalue weighted by atomic mass is 9.96. The van der Waals surface area contributed by atoms with Crippen LogP contribution in [0.3, 0.4) is 0 Å². The molecule has 0 spiro atoms. The third kappa shape index (κ3) is 6.32. The van der Waals surface area contributed by atoms with Crippen molar-refractivity contribution < 1.29 is 14.6 Å². The third-order valence-electron chi connectivity index (χ3n) is 6.91. The van der Waals surface area contributed by atoms with Gasteiger partial charge in [0.15, 0.2) is 0 Å². The molecule has 1 fully saturated rings. The summed E-state index contributed by atoms with van der Waals surface area (Å²) in [5.41, 5.74) is 14.1. The molecule has 2 heterocycles. The molecule has 8 heteroatoms. The fraction of sp³-hybridized carbons (Fsp3) is 0.276. The van der Waals surface area contributed by atoms with Gasteiger partial charge in [0.25, 0.3) is 0 Å². The predicted molar refractivity (Wildman–Crippen MR) is 148 cm³/mol. The van der Waals surface area contributed by atoms with Gasteiger partial charge < -0.3 is 20.6 Å². The van der Waals surface area contributed by atoms with Crippen LogP contribution in [0.2, 0.25) is 0 Å². The standard InChI is InChI=1S/C29H32N4O3.ClH/c1-19(21-11-13-23(14-12-21)36-18-20-7-3-2-4-8-20)15-27(30)32-33-26(28(33)29(34)35)16-22-17-31-25-10-6-5-9-24(22)25;/h2-14,17,19,26-28,31-32H,15-16,18,30H2,1H3,(H,34,35);1H/t19?,26-,27?,28-,33?;/m1./s1. The van der Waals surface area contributed by atoms with E-state index in [-0.39, 0.29) is 30.5 Å². The second-order valence-electron chi connectivity index (χ2n) is 9.54. The maximum Gasteiger partial charge on any atom is 0.324 e. The summed E-state index contributed by atoms with van der Waals surface area (Å²) in [6.45, 7) is 2.66. The fourth-order valence-electron chi connectivity index (χ4n) is 4.87. The molecule has 0 radical (unpaired) electrons.